The minimum Gasteiger partial charge on any atom is -0.423 e. The second-order valence-electron chi connectivity index (χ2n) is 5.56. The van der Waals surface area contributed by atoms with Crippen LogP contribution >= 0.6 is 0 Å². The molecule has 4 rings (SSSR count). The third kappa shape index (κ3) is 4.09. The summed E-state index contributed by atoms with van der Waals surface area (Å²) in [5, 5.41) is 1.26. The summed E-state index contributed by atoms with van der Waals surface area (Å²) in [7, 11) is -4.71. The molecular weight excluding hydrogens is 507 g/mol. The van der Waals surface area contributed by atoms with Gasteiger partial charge in [-0.3, -0.25) is 0 Å². The van der Waals surface area contributed by atoms with E-state index in [0.29, 0.717) is 17.9 Å². The van der Waals surface area contributed by atoms with E-state index in [2.05, 4.69) is 0 Å². The van der Waals surface area contributed by atoms with Crippen LogP contribution in [-0.4, -0.2) is 0 Å². The first-order valence-electron chi connectivity index (χ1n) is 7.67. The maximum absolute atomic E-state index is 11.5. The average Bonchev–Trinajstić information content (AvgIpc) is 2.64. The van der Waals surface area contributed by atoms with Crippen molar-refractivity contribution in [2.45, 2.75) is 0 Å². The lowest BCUT2D eigenvalue weighted by Gasteiger charge is -2.10. The highest BCUT2D eigenvalue weighted by Gasteiger charge is 2.47. The molecule has 0 saturated heterocycles. The Morgan fingerprint density at radius 2 is 1.14 bits per heavy atom. The van der Waals surface area contributed by atoms with E-state index in [0.717, 1.165) is 0 Å². The van der Waals surface area contributed by atoms with Gasteiger partial charge in [0.05, 0.1) is 0 Å². The van der Waals surface area contributed by atoms with Gasteiger partial charge in [0.1, 0.15) is 21.4 Å². The maximum Gasteiger partial charge on any atom is 0.486 e. The van der Waals surface area contributed by atoms with Crippen LogP contribution in [-0.2, 0) is 2.62 Å². The lowest BCUT2D eigenvalue weighted by molar-refractivity contribution is -1.95. The van der Waals surface area contributed by atoms with Crippen LogP contribution in [0.5, 0.6) is 0 Å². The Kier molecular flexibility index (Phi) is 4.95. The van der Waals surface area contributed by atoms with Crippen LogP contribution in [0.1, 0.15) is 0 Å². The van der Waals surface area contributed by atoms with Gasteiger partial charge in [-0.2, -0.15) is 14.0 Å². The zero-order chi connectivity index (χ0) is 19.9. The van der Waals surface area contributed by atoms with E-state index in [1.165, 1.54) is 24.3 Å². The standard InChI is InChI=1S/C18H10ClIO8/c21-17-7-3-11-1-5-13(9-15(11)26-17)20(28-19(23,24)25)14-6-2-12-4-8-18(22)27-16(12)10-14/h1-10H/q+1. The van der Waals surface area contributed by atoms with Crippen molar-refractivity contribution in [2.24, 2.45) is 0 Å². The number of hydrogen-bond donors (Lipinski definition) is 0. The molecule has 2 aromatic heterocycles. The molecule has 0 N–H and O–H groups in total. The van der Waals surface area contributed by atoms with Gasteiger partial charge in [0.25, 0.3) is 2.62 Å². The first-order valence-corrected chi connectivity index (χ1v) is 11.9. The van der Waals surface area contributed by atoms with Gasteiger partial charge in [0, 0.05) is 35.0 Å². The molecule has 0 saturated carbocycles. The van der Waals surface area contributed by atoms with E-state index in [1.54, 1.807) is 36.4 Å². The molecule has 0 aliphatic heterocycles. The predicted octanol–water partition coefficient (Wildman–Crippen LogP) is -3.61. The Hall–Kier alpha value is -2.28. The van der Waals surface area contributed by atoms with Crippen molar-refractivity contribution in [3.8, 4) is 0 Å². The molecule has 0 bridgehead atoms. The fourth-order valence-corrected chi connectivity index (χ4v) is 8.06. The number of fused-ring (bicyclic) bond motifs is 2. The van der Waals surface area contributed by atoms with Crippen LogP contribution in [0.2, 0.25) is 0 Å². The van der Waals surface area contributed by atoms with Crippen molar-refractivity contribution in [1.29, 1.82) is 0 Å². The smallest absolute Gasteiger partial charge is 0.423 e. The highest BCUT2D eigenvalue weighted by Crippen LogP contribution is 2.12. The SMILES string of the molecule is O=c1ccc2ccc([I+](O[Cl+3]([O-])([O-])[O-])c3ccc4ccc(=O)oc4c3)cc2o1. The summed E-state index contributed by atoms with van der Waals surface area (Å²) in [4.78, 5) is 22.9. The molecule has 0 unspecified atom stereocenters. The van der Waals surface area contributed by atoms with Gasteiger partial charge in [-0.15, -0.1) is 0 Å². The molecular formula is C18H10ClIO8+. The Balaban J connectivity index is 1.88. The summed E-state index contributed by atoms with van der Waals surface area (Å²) in [6.07, 6.45) is 0. The maximum atomic E-state index is 11.5. The third-order valence-electron chi connectivity index (χ3n) is 3.70. The van der Waals surface area contributed by atoms with Gasteiger partial charge in [0.2, 0.25) is 7.14 Å². The minimum absolute atomic E-state index is 0.239. The Morgan fingerprint density at radius 3 is 1.57 bits per heavy atom. The molecule has 0 atom stereocenters. The van der Waals surface area contributed by atoms with Crippen LogP contribution in [0, 0.1) is 17.4 Å². The summed E-state index contributed by atoms with van der Waals surface area (Å²) in [6.45, 7) is 0. The zero-order valence-electron chi connectivity index (χ0n) is 13.8. The molecule has 0 aliphatic rings. The van der Waals surface area contributed by atoms with Gasteiger partial charge in [-0.25, -0.2) is 9.59 Å². The molecule has 0 fully saturated rings. The number of halogens is 2. The second kappa shape index (κ2) is 7.28. The Labute approximate surface area is 166 Å². The highest BCUT2D eigenvalue weighted by atomic mass is 127. The molecule has 8 nitrogen and oxygen atoms in total. The molecule has 28 heavy (non-hydrogen) atoms. The van der Waals surface area contributed by atoms with Gasteiger partial charge in [-0.1, -0.05) is 0 Å². The van der Waals surface area contributed by atoms with Crippen LogP contribution in [0.4, 0.5) is 0 Å². The van der Waals surface area contributed by atoms with E-state index >= 15 is 0 Å². The molecule has 143 valence electrons. The summed E-state index contributed by atoms with van der Waals surface area (Å²) in [5.74, 6) is 0. The van der Waals surface area contributed by atoms with Gasteiger partial charge >= 0.3 is 31.5 Å². The van der Waals surface area contributed by atoms with E-state index in [9.17, 15) is 23.6 Å². The molecule has 1 radical (unpaired) electrons. The quantitative estimate of drug-likeness (QED) is 0.200. The first-order chi connectivity index (χ1) is 13.3. The normalized spacial score (nSPS) is 12.1. The Bertz CT molecular complexity index is 1200. The molecule has 4 aromatic rings. The van der Waals surface area contributed by atoms with Crippen molar-refractivity contribution < 1.29 is 55.9 Å². The first kappa shape index (κ1) is 19.1. The van der Waals surface area contributed by atoms with Crippen molar-refractivity contribution in [1.82, 2.24) is 0 Å². The van der Waals surface area contributed by atoms with E-state index in [4.69, 9.17) is 11.5 Å². The third-order valence-corrected chi connectivity index (χ3v) is 9.78. The summed E-state index contributed by atoms with van der Waals surface area (Å²) < 4.78 is 49.9. The van der Waals surface area contributed by atoms with Crippen molar-refractivity contribution >= 4 is 21.9 Å². The minimum atomic E-state index is -4.71. The molecule has 0 aliphatic carbocycles. The van der Waals surface area contributed by atoms with Crippen LogP contribution in [0.15, 0.2) is 79.1 Å². The van der Waals surface area contributed by atoms with E-state index in [-0.39, 0.29) is 11.2 Å². The lowest BCUT2D eigenvalue weighted by atomic mass is 10.2. The zero-order valence-corrected chi connectivity index (χ0v) is 16.7. The topological polar surface area (TPSA) is 139 Å². The average molecular weight is 517 g/mol. The fourth-order valence-electron chi connectivity index (χ4n) is 2.55. The molecule has 10 heteroatoms. The van der Waals surface area contributed by atoms with E-state index in [1.807, 2.05) is 0 Å². The Morgan fingerprint density at radius 1 is 0.714 bits per heavy atom. The van der Waals surface area contributed by atoms with Crippen LogP contribution in [0.25, 0.3) is 21.9 Å². The second-order valence-corrected chi connectivity index (χ2v) is 11.3. The van der Waals surface area contributed by atoms with Crippen LogP contribution in [0.3, 0.4) is 0 Å². The largest absolute Gasteiger partial charge is 0.486 e. The summed E-state index contributed by atoms with van der Waals surface area (Å²) in [5.41, 5.74) is -0.646. The summed E-state index contributed by atoms with van der Waals surface area (Å²) in [6, 6.07) is 15.1. The van der Waals surface area contributed by atoms with Crippen LogP contribution < -0.4 is 45.5 Å². The molecule has 2 aromatic carbocycles. The highest BCUT2D eigenvalue weighted by molar-refractivity contribution is 5.76. The predicted molar refractivity (Wildman–Crippen MR) is 83.4 cm³/mol. The summed E-state index contributed by atoms with van der Waals surface area (Å²) >= 11 is -3.28. The van der Waals surface area contributed by atoms with Crippen molar-refractivity contribution in [3.63, 3.8) is 0 Å². The van der Waals surface area contributed by atoms with Crippen molar-refractivity contribution in [3.05, 3.63) is 88.6 Å². The molecule has 0 amide bonds. The van der Waals surface area contributed by atoms with Gasteiger partial charge in [-0.05, 0) is 36.4 Å². The van der Waals surface area contributed by atoms with E-state index < -0.39 is 41.7 Å². The van der Waals surface area contributed by atoms with Gasteiger partial charge < -0.3 is 8.83 Å². The van der Waals surface area contributed by atoms with Gasteiger partial charge in [0.15, 0.2) is 0 Å². The molecule has 2 heterocycles. The van der Waals surface area contributed by atoms with Crippen molar-refractivity contribution in [2.75, 3.05) is 0 Å². The number of benzene rings is 2. The number of rotatable bonds is 4. The fraction of sp³-hybridized carbons (Fsp3) is 0. The monoisotopic (exact) mass is 516 g/mol. The molecule has 0 spiro atoms. The lowest BCUT2D eigenvalue weighted by Crippen LogP contribution is -3.86. The number of hydrogen-bond acceptors (Lipinski definition) is 8.